The van der Waals surface area contributed by atoms with Crippen molar-refractivity contribution in [1.82, 2.24) is 9.78 Å². The van der Waals surface area contributed by atoms with Gasteiger partial charge in [-0.15, -0.1) is 0 Å². The van der Waals surface area contributed by atoms with E-state index in [-0.39, 0.29) is 37.4 Å². The fraction of sp³-hybridized carbons (Fsp3) is 0.267. The summed E-state index contributed by atoms with van der Waals surface area (Å²) in [6, 6.07) is 5.11. The summed E-state index contributed by atoms with van der Waals surface area (Å²) in [5.74, 6) is -0.260. The van der Waals surface area contributed by atoms with Crippen molar-refractivity contribution < 1.29 is 19.4 Å². The fourth-order valence-electron chi connectivity index (χ4n) is 2.47. The number of nitrogens with zero attached hydrogens (tertiary/aromatic N) is 2. The Balaban J connectivity index is 2.01. The van der Waals surface area contributed by atoms with Crippen molar-refractivity contribution in [1.29, 1.82) is 5.26 Å². The Labute approximate surface area is 140 Å². The number of carbonyl (C=O) groups is 1. The highest BCUT2D eigenvalue weighted by Crippen LogP contribution is 2.37. The zero-order valence-corrected chi connectivity index (χ0v) is 13.1. The lowest BCUT2D eigenvalue weighted by molar-refractivity contribution is 0.0688. The van der Waals surface area contributed by atoms with Crippen LogP contribution in [0, 0.1) is 11.3 Å². The summed E-state index contributed by atoms with van der Waals surface area (Å²) >= 11 is 6.19. The SMILES string of the molecule is N#CCCn1[nH]c(C(=O)O)c(Cc2cc3c(cc2Cl)OCO3)c1=O. The molecule has 9 heteroatoms. The van der Waals surface area contributed by atoms with Crippen molar-refractivity contribution in [2.75, 3.05) is 6.79 Å². The molecular formula is C15H12ClN3O5. The summed E-state index contributed by atoms with van der Waals surface area (Å²) < 4.78 is 11.6. The molecule has 2 aromatic rings. The number of aromatic nitrogens is 2. The molecule has 0 amide bonds. The summed E-state index contributed by atoms with van der Waals surface area (Å²) in [7, 11) is 0. The van der Waals surface area contributed by atoms with Gasteiger partial charge in [0.1, 0.15) is 5.69 Å². The molecule has 8 nitrogen and oxygen atoms in total. The molecule has 1 aromatic heterocycles. The summed E-state index contributed by atoms with van der Waals surface area (Å²) in [5, 5.41) is 20.8. The Morgan fingerprint density at radius 2 is 2.12 bits per heavy atom. The van der Waals surface area contributed by atoms with Gasteiger partial charge in [-0.25, -0.2) is 4.79 Å². The summed E-state index contributed by atoms with van der Waals surface area (Å²) in [4.78, 5) is 23.8. The number of ether oxygens (including phenoxy) is 2. The maximum absolute atomic E-state index is 12.4. The third kappa shape index (κ3) is 2.81. The van der Waals surface area contributed by atoms with Crippen LogP contribution in [0.15, 0.2) is 16.9 Å². The molecule has 1 aromatic carbocycles. The first-order chi connectivity index (χ1) is 11.5. The van der Waals surface area contributed by atoms with Crippen molar-refractivity contribution in [2.45, 2.75) is 19.4 Å². The van der Waals surface area contributed by atoms with Crippen molar-refractivity contribution in [2.24, 2.45) is 0 Å². The van der Waals surface area contributed by atoms with E-state index in [4.69, 9.17) is 26.3 Å². The first-order valence-electron chi connectivity index (χ1n) is 7.01. The van der Waals surface area contributed by atoms with Gasteiger partial charge in [0, 0.05) is 17.5 Å². The number of carboxylic acid groups (broad SMARTS) is 1. The summed E-state index contributed by atoms with van der Waals surface area (Å²) in [6.45, 7) is 0.172. The predicted molar refractivity (Wildman–Crippen MR) is 82.6 cm³/mol. The molecule has 0 fully saturated rings. The van der Waals surface area contributed by atoms with Gasteiger partial charge in [0.2, 0.25) is 6.79 Å². The standard InChI is InChI=1S/C15H12ClN3O5/c16-10-6-12-11(23-7-24-12)5-8(10)4-9-13(15(21)22)18-19(14(9)20)3-1-2-17/h5-6,18H,1,3-4,7H2,(H,21,22). The molecule has 2 heterocycles. The van der Waals surface area contributed by atoms with Crippen LogP contribution in [0.3, 0.4) is 0 Å². The summed E-state index contributed by atoms with van der Waals surface area (Å²) in [6.07, 6.45) is 0.107. The van der Waals surface area contributed by atoms with E-state index < -0.39 is 11.5 Å². The van der Waals surface area contributed by atoms with Crippen LogP contribution in [-0.2, 0) is 13.0 Å². The molecule has 0 saturated carbocycles. The minimum absolute atomic E-state index is 0.0198. The number of aryl methyl sites for hydroxylation is 1. The van der Waals surface area contributed by atoms with Gasteiger partial charge in [0.25, 0.3) is 5.56 Å². The van der Waals surface area contributed by atoms with Crippen molar-refractivity contribution in [3.05, 3.63) is 44.3 Å². The molecule has 0 spiro atoms. The van der Waals surface area contributed by atoms with Crippen LogP contribution in [0.1, 0.15) is 28.0 Å². The third-order valence-corrected chi connectivity index (χ3v) is 3.97. The number of fused-ring (bicyclic) bond motifs is 1. The van der Waals surface area contributed by atoms with Crippen LogP contribution >= 0.6 is 11.6 Å². The van der Waals surface area contributed by atoms with Gasteiger partial charge in [0.05, 0.1) is 24.6 Å². The first kappa shape index (κ1) is 16.0. The molecule has 0 aliphatic carbocycles. The molecule has 124 valence electrons. The minimum atomic E-state index is -1.25. The number of aromatic amines is 1. The normalized spacial score (nSPS) is 12.2. The topological polar surface area (TPSA) is 117 Å². The number of halogens is 1. The maximum Gasteiger partial charge on any atom is 0.354 e. The van der Waals surface area contributed by atoms with Gasteiger partial charge in [0.15, 0.2) is 11.5 Å². The first-order valence-corrected chi connectivity index (χ1v) is 7.39. The Kier molecular flexibility index (Phi) is 4.18. The van der Waals surface area contributed by atoms with Gasteiger partial charge < -0.3 is 14.6 Å². The molecule has 0 saturated heterocycles. The molecule has 1 aliphatic rings. The fourth-order valence-corrected chi connectivity index (χ4v) is 2.69. The molecule has 0 radical (unpaired) electrons. The Hall–Kier alpha value is -2.92. The number of nitrogens with one attached hydrogen (secondary N) is 1. The van der Waals surface area contributed by atoms with E-state index in [1.807, 2.05) is 6.07 Å². The number of hydrogen-bond donors (Lipinski definition) is 2. The van der Waals surface area contributed by atoms with Crippen molar-refractivity contribution >= 4 is 17.6 Å². The minimum Gasteiger partial charge on any atom is -0.477 e. The quantitative estimate of drug-likeness (QED) is 0.849. The third-order valence-electron chi connectivity index (χ3n) is 3.62. The van der Waals surface area contributed by atoms with Gasteiger partial charge in [-0.1, -0.05) is 11.6 Å². The smallest absolute Gasteiger partial charge is 0.354 e. The predicted octanol–water partition coefficient (Wildman–Crippen LogP) is 1.76. The van der Waals surface area contributed by atoms with Crippen molar-refractivity contribution in [3.8, 4) is 17.6 Å². The lowest BCUT2D eigenvalue weighted by Crippen LogP contribution is -2.19. The van der Waals surface area contributed by atoms with Gasteiger partial charge in [-0.2, -0.15) is 5.26 Å². The van der Waals surface area contributed by atoms with Crippen LogP contribution in [0.25, 0.3) is 0 Å². The van der Waals surface area contributed by atoms with Crippen LogP contribution in [0.2, 0.25) is 5.02 Å². The van der Waals surface area contributed by atoms with E-state index in [9.17, 15) is 14.7 Å². The van der Waals surface area contributed by atoms with Gasteiger partial charge in [-0.05, 0) is 11.6 Å². The lowest BCUT2D eigenvalue weighted by Gasteiger charge is -2.05. The average molecular weight is 350 g/mol. The zero-order valence-electron chi connectivity index (χ0n) is 12.3. The molecule has 24 heavy (non-hydrogen) atoms. The van der Waals surface area contributed by atoms with Gasteiger partial charge in [-0.3, -0.25) is 14.6 Å². The second-order valence-electron chi connectivity index (χ2n) is 5.11. The molecule has 0 unspecified atom stereocenters. The second kappa shape index (κ2) is 6.29. The van der Waals surface area contributed by atoms with E-state index in [0.29, 0.717) is 22.1 Å². The Bertz CT molecular complexity index is 909. The molecule has 2 N–H and O–H groups in total. The lowest BCUT2D eigenvalue weighted by atomic mass is 10.0. The highest BCUT2D eigenvalue weighted by atomic mass is 35.5. The molecule has 0 atom stereocenters. The van der Waals surface area contributed by atoms with E-state index in [1.54, 1.807) is 12.1 Å². The number of H-pyrrole nitrogens is 1. The number of hydrogen-bond acceptors (Lipinski definition) is 5. The Morgan fingerprint density at radius 3 is 2.79 bits per heavy atom. The van der Waals surface area contributed by atoms with E-state index in [2.05, 4.69) is 5.10 Å². The monoisotopic (exact) mass is 349 g/mol. The van der Waals surface area contributed by atoms with Crippen LogP contribution in [0.4, 0.5) is 0 Å². The Morgan fingerprint density at radius 1 is 1.42 bits per heavy atom. The highest BCUT2D eigenvalue weighted by molar-refractivity contribution is 6.31. The summed E-state index contributed by atoms with van der Waals surface area (Å²) in [5.41, 5.74) is -0.0868. The average Bonchev–Trinajstić information content (AvgIpc) is 3.11. The van der Waals surface area contributed by atoms with E-state index >= 15 is 0 Å². The van der Waals surface area contributed by atoms with Crippen LogP contribution < -0.4 is 15.0 Å². The molecule has 3 rings (SSSR count). The molecule has 1 aliphatic heterocycles. The number of benzene rings is 1. The van der Waals surface area contributed by atoms with Crippen molar-refractivity contribution in [3.63, 3.8) is 0 Å². The number of aromatic carboxylic acids is 1. The molecule has 0 bridgehead atoms. The van der Waals surface area contributed by atoms with E-state index in [0.717, 1.165) is 4.68 Å². The second-order valence-corrected chi connectivity index (χ2v) is 5.52. The zero-order chi connectivity index (χ0) is 17.3. The maximum atomic E-state index is 12.4. The number of carboxylic acids is 1. The largest absolute Gasteiger partial charge is 0.477 e. The van der Waals surface area contributed by atoms with Crippen LogP contribution in [-0.4, -0.2) is 27.6 Å². The van der Waals surface area contributed by atoms with Gasteiger partial charge >= 0.3 is 5.97 Å². The van der Waals surface area contributed by atoms with E-state index in [1.165, 1.54) is 0 Å². The number of nitriles is 1. The van der Waals surface area contributed by atoms with Crippen LogP contribution in [0.5, 0.6) is 11.5 Å². The highest BCUT2D eigenvalue weighted by Gasteiger charge is 2.23. The molecular weight excluding hydrogens is 338 g/mol. The number of rotatable bonds is 5.